The molecule has 5 rings (SSSR count). The zero-order valence-corrected chi connectivity index (χ0v) is 22.7. The molecule has 2 aromatic heterocycles. The van der Waals surface area contributed by atoms with E-state index in [2.05, 4.69) is 10.6 Å². The Labute approximate surface area is 229 Å². The van der Waals surface area contributed by atoms with E-state index in [0.29, 0.717) is 19.5 Å². The number of furan rings is 1. The highest BCUT2D eigenvalue weighted by molar-refractivity contribution is 5.90. The third kappa shape index (κ3) is 5.76. The molecule has 5 aromatic rings. The van der Waals surface area contributed by atoms with Gasteiger partial charge >= 0.3 is 0 Å². The average Bonchev–Trinajstić information content (AvgIpc) is 3.52. The second-order valence-corrected chi connectivity index (χ2v) is 10.5. The molecule has 202 valence electrons. The Balaban J connectivity index is 1.53. The number of carbonyl (C=O) groups excluding carboxylic acids is 1. The number of rotatable bonds is 11. The van der Waals surface area contributed by atoms with Crippen LogP contribution >= 0.6 is 0 Å². The summed E-state index contributed by atoms with van der Waals surface area (Å²) in [5.74, 6) is 0.672. The number of carbonyl (C=O) groups is 1. The van der Waals surface area contributed by atoms with Gasteiger partial charge in [-0.05, 0) is 50.3 Å². The molecular weight excluding hydrogens is 488 g/mol. The quantitative estimate of drug-likeness (QED) is 0.230. The molecule has 0 saturated carbocycles. The van der Waals surface area contributed by atoms with Gasteiger partial charge in [-0.15, -0.1) is 0 Å². The van der Waals surface area contributed by atoms with Crippen LogP contribution in [0, 0.1) is 0 Å². The zero-order valence-electron chi connectivity index (χ0n) is 22.7. The first-order chi connectivity index (χ1) is 18.9. The summed E-state index contributed by atoms with van der Waals surface area (Å²) in [6.45, 7) is 2.71. The summed E-state index contributed by atoms with van der Waals surface area (Å²) in [6.07, 6.45) is 2.37. The summed E-state index contributed by atoms with van der Waals surface area (Å²) in [5.41, 5.74) is 2.79. The monoisotopic (exact) mass is 524 g/mol. The number of hydrogen-bond donors (Lipinski definition) is 3. The van der Waals surface area contributed by atoms with Crippen LogP contribution in [0.5, 0.6) is 0 Å². The molecule has 7 heteroatoms. The second-order valence-electron chi connectivity index (χ2n) is 10.5. The Morgan fingerprint density at radius 2 is 1.74 bits per heavy atom. The van der Waals surface area contributed by atoms with E-state index in [9.17, 15) is 9.90 Å². The van der Waals surface area contributed by atoms with Crippen molar-refractivity contribution in [2.45, 2.75) is 38.2 Å². The van der Waals surface area contributed by atoms with Crippen LogP contribution in [0.2, 0.25) is 0 Å². The predicted octanol–water partition coefficient (Wildman–Crippen LogP) is 4.85. The van der Waals surface area contributed by atoms with Crippen molar-refractivity contribution in [2.75, 3.05) is 20.6 Å². The smallest absolute Gasteiger partial charge is 0.242 e. The molecule has 2 atom stereocenters. The molecule has 0 aliphatic heterocycles. The molecular formula is C32H36N4O3. The third-order valence-electron chi connectivity index (χ3n) is 7.26. The number of aliphatic hydroxyl groups excluding tert-OH is 1. The highest BCUT2D eigenvalue weighted by Crippen LogP contribution is 2.28. The van der Waals surface area contributed by atoms with E-state index in [1.807, 2.05) is 122 Å². The lowest BCUT2D eigenvalue weighted by Gasteiger charge is -2.37. The van der Waals surface area contributed by atoms with Crippen molar-refractivity contribution in [3.05, 3.63) is 108 Å². The SMILES string of the molecule is C[C@H](NC(=O)[C@@](Cc1cn(CO)c2ccccc12)(CN(C)C)NCc1cc2ccccc2o1)c1ccccc1. The molecule has 0 bridgehead atoms. The zero-order chi connectivity index (χ0) is 27.4. The largest absolute Gasteiger partial charge is 0.460 e. The van der Waals surface area contributed by atoms with Crippen LogP contribution in [0.25, 0.3) is 21.9 Å². The Kier molecular flexibility index (Phi) is 7.84. The van der Waals surface area contributed by atoms with E-state index >= 15 is 0 Å². The molecule has 0 aliphatic carbocycles. The molecule has 3 N–H and O–H groups in total. The number of likely N-dealkylation sites (N-methyl/N-ethyl adjacent to an activating group) is 1. The van der Waals surface area contributed by atoms with Crippen LogP contribution in [-0.2, 0) is 24.5 Å². The number of hydrogen-bond acceptors (Lipinski definition) is 5. The molecule has 39 heavy (non-hydrogen) atoms. The number of nitrogens with one attached hydrogen (secondary N) is 2. The predicted molar refractivity (Wildman–Crippen MR) is 155 cm³/mol. The third-order valence-corrected chi connectivity index (χ3v) is 7.26. The summed E-state index contributed by atoms with van der Waals surface area (Å²) >= 11 is 0. The second kappa shape index (κ2) is 11.5. The van der Waals surface area contributed by atoms with E-state index in [1.54, 1.807) is 0 Å². The molecule has 1 amide bonds. The van der Waals surface area contributed by atoms with Gasteiger partial charge in [-0.2, -0.15) is 0 Å². The first kappa shape index (κ1) is 26.7. The number of aliphatic hydroxyl groups is 1. The highest BCUT2D eigenvalue weighted by Gasteiger charge is 2.40. The van der Waals surface area contributed by atoms with Crippen molar-refractivity contribution in [1.29, 1.82) is 0 Å². The standard InChI is InChI=1S/C32H36N4O3/c1-23(24-11-5-4-6-12-24)34-31(38)32(21-35(2)3,33-19-27-17-25-13-7-10-16-30(25)39-27)18-26-20-36(22-37)29-15-9-8-14-28(26)29/h4-17,20,23,33,37H,18-19,21-22H2,1-3H3,(H,34,38)/t23-,32+/m0/s1. The van der Waals surface area contributed by atoms with Crippen molar-refractivity contribution >= 4 is 27.8 Å². The van der Waals surface area contributed by atoms with Crippen molar-refractivity contribution in [1.82, 2.24) is 20.1 Å². The van der Waals surface area contributed by atoms with Gasteiger partial charge in [-0.3, -0.25) is 10.1 Å². The fourth-order valence-corrected chi connectivity index (χ4v) is 5.39. The molecule has 3 aromatic carbocycles. The number of nitrogens with zero attached hydrogens (tertiary/aromatic N) is 2. The minimum absolute atomic E-state index is 0.0931. The summed E-state index contributed by atoms with van der Waals surface area (Å²) in [6, 6.07) is 27.7. The number of benzene rings is 3. The Bertz CT molecular complexity index is 1520. The maximum absolute atomic E-state index is 14.3. The van der Waals surface area contributed by atoms with Crippen LogP contribution in [0.3, 0.4) is 0 Å². The molecule has 0 unspecified atom stereocenters. The van der Waals surface area contributed by atoms with Gasteiger partial charge in [0, 0.05) is 29.9 Å². The van der Waals surface area contributed by atoms with Crippen LogP contribution in [-0.4, -0.2) is 46.7 Å². The molecule has 0 saturated heterocycles. The Morgan fingerprint density at radius 1 is 1.03 bits per heavy atom. The van der Waals surface area contributed by atoms with E-state index in [0.717, 1.165) is 38.8 Å². The molecule has 0 aliphatic rings. The highest BCUT2D eigenvalue weighted by atomic mass is 16.3. The van der Waals surface area contributed by atoms with Crippen LogP contribution in [0.15, 0.2) is 95.5 Å². The van der Waals surface area contributed by atoms with E-state index < -0.39 is 5.54 Å². The number of aromatic nitrogens is 1. The first-order valence-corrected chi connectivity index (χ1v) is 13.3. The van der Waals surface area contributed by atoms with Crippen LogP contribution < -0.4 is 10.6 Å². The minimum Gasteiger partial charge on any atom is -0.460 e. The van der Waals surface area contributed by atoms with Crippen molar-refractivity contribution in [3.8, 4) is 0 Å². The molecule has 7 nitrogen and oxygen atoms in total. The van der Waals surface area contributed by atoms with Crippen molar-refractivity contribution < 1.29 is 14.3 Å². The van der Waals surface area contributed by atoms with Gasteiger partial charge in [0.25, 0.3) is 0 Å². The number of amides is 1. The maximum Gasteiger partial charge on any atom is 0.242 e. The minimum atomic E-state index is -0.990. The summed E-state index contributed by atoms with van der Waals surface area (Å²) in [4.78, 5) is 16.3. The molecule has 0 fully saturated rings. The summed E-state index contributed by atoms with van der Waals surface area (Å²) in [7, 11) is 3.95. The topological polar surface area (TPSA) is 82.7 Å². The molecule has 0 spiro atoms. The lowest BCUT2D eigenvalue weighted by Crippen LogP contribution is -2.63. The molecule has 2 heterocycles. The van der Waals surface area contributed by atoms with E-state index in [1.165, 1.54) is 0 Å². The average molecular weight is 525 g/mol. The fourth-order valence-electron chi connectivity index (χ4n) is 5.39. The van der Waals surface area contributed by atoms with Gasteiger partial charge in [-0.25, -0.2) is 0 Å². The van der Waals surface area contributed by atoms with Gasteiger partial charge in [0.2, 0.25) is 5.91 Å². The van der Waals surface area contributed by atoms with Gasteiger partial charge < -0.3 is 24.3 Å². The van der Waals surface area contributed by atoms with Gasteiger partial charge in [0.15, 0.2) is 0 Å². The van der Waals surface area contributed by atoms with Crippen LogP contribution in [0.1, 0.15) is 29.9 Å². The van der Waals surface area contributed by atoms with Gasteiger partial charge in [-0.1, -0.05) is 66.7 Å². The maximum atomic E-state index is 14.3. The Hall–Kier alpha value is -3.91. The first-order valence-electron chi connectivity index (χ1n) is 13.3. The summed E-state index contributed by atoms with van der Waals surface area (Å²) in [5, 5.41) is 19.0. The van der Waals surface area contributed by atoms with Gasteiger partial charge in [0.05, 0.1) is 18.1 Å². The lowest BCUT2D eigenvalue weighted by atomic mass is 9.88. The van der Waals surface area contributed by atoms with Gasteiger partial charge in [0.1, 0.15) is 23.6 Å². The normalized spacial score (nSPS) is 14.1. The van der Waals surface area contributed by atoms with E-state index in [-0.39, 0.29) is 18.7 Å². The molecule has 0 radical (unpaired) electrons. The Morgan fingerprint density at radius 3 is 2.49 bits per heavy atom. The number of fused-ring (bicyclic) bond motifs is 2. The van der Waals surface area contributed by atoms with Crippen molar-refractivity contribution in [3.63, 3.8) is 0 Å². The number of para-hydroxylation sites is 2. The van der Waals surface area contributed by atoms with E-state index in [4.69, 9.17) is 4.42 Å². The van der Waals surface area contributed by atoms with Crippen molar-refractivity contribution in [2.24, 2.45) is 0 Å². The lowest BCUT2D eigenvalue weighted by molar-refractivity contribution is -0.129. The fraction of sp³-hybridized carbons (Fsp3) is 0.281. The summed E-state index contributed by atoms with van der Waals surface area (Å²) < 4.78 is 7.91. The van der Waals surface area contributed by atoms with Crippen LogP contribution in [0.4, 0.5) is 0 Å².